The summed E-state index contributed by atoms with van der Waals surface area (Å²) in [6.07, 6.45) is -0.771. The minimum Gasteiger partial charge on any atom is -0.379 e. The quantitative estimate of drug-likeness (QED) is 0.581. The van der Waals surface area contributed by atoms with Crippen LogP contribution in [0, 0.1) is 5.92 Å². The SMILES string of the molecule is COCC(O)OCC(C)C. The highest BCUT2D eigenvalue weighted by Crippen LogP contribution is 1.95. The molecule has 0 amide bonds. The lowest BCUT2D eigenvalue weighted by molar-refractivity contribution is -0.137. The highest BCUT2D eigenvalue weighted by atomic mass is 16.6. The lowest BCUT2D eigenvalue weighted by atomic mass is 10.2. The molecule has 0 aromatic heterocycles. The van der Waals surface area contributed by atoms with E-state index in [0.717, 1.165) is 0 Å². The van der Waals surface area contributed by atoms with Crippen LogP contribution >= 0.6 is 0 Å². The number of methoxy groups -OCH3 is 1. The Morgan fingerprint density at radius 2 is 1.90 bits per heavy atom. The predicted molar refractivity (Wildman–Crippen MR) is 38.7 cm³/mol. The minimum absolute atomic E-state index is 0.243. The number of rotatable bonds is 5. The van der Waals surface area contributed by atoms with Crippen LogP contribution in [0.1, 0.15) is 13.8 Å². The first-order chi connectivity index (χ1) is 4.66. The van der Waals surface area contributed by atoms with Crippen molar-refractivity contribution < 1.29 is 14.6 Å². The lowest BCUT2D eigenvalue weighted by Crippen LogP contribution is -2.20. The molecule has 0 heterocycles. The predicted octanol–water partition coefficient (Wildman–Crippen LogP) is 0.624. The Bertz CT molecular complexity index is 73.3. The van der Waals surface area contributed by atoms with E-state index in [1.165, 1.54) is 7.11 Å². The number of ether oxygens (including phenoxy) is 2. The van der Waals surface area contributed by atoms with E-state index in [0.29, 0.717) is 12.5 Å². The van der Waals surface area contributed by atoms with E-state index >= 15 is 0 Å². The van der Waals surface area contributed by atoms with Crippen LogP contribution < -0.4 is 0 Å². The van der Waals surface area contributed by atoms with Gasteiger partial charge in [0.25, 0.3) is 0 Å². The molecule has 0 radical (unpaired) electrons. The van der Waals surface area contributed by atoms with Gasteiger partial charge in [-0.05, 0) is 5.92 Å². The van der Waals surface area contributed by atoms with Gasteiger partial charge in [0, 0.05) is 7.11 Å². The molecule has 0 aromatic rings. The zero-order chi connectivity index (χ0) is 7.98. The van der Waals surface area contributed by atoms with E-state index in [9.17, 15) is 0 Å². The number of aliphatic hydroxyl groups is 1. The second-order valence-corrected chi connectivity index (χ2v) is 2.64. The van der Waals surface area contributed by atoms with Crippen LogP contribution in [0.25, 0.3) is 0 Å². The highest BCUT2D eigenvalue weighted by Gasteiger charge is 2.03. The summed E-state index contributed by atoms with van der Waals surface area (Å²) >= 11 is 0. The summed E-state index contributed by atoms with van der Waals surface area (Å²) in [5, 5.41) is 8.95. The number of aliphatic hydroxyl groups excluding tert-OH is 1. The number of hydrogen-bond acceptors (Lipinski definition) is 3. The third-order valence-electron chi connectivity index (χ3n) is 0.931. The Morgan fingerprint density at radius 3 is 2.30 bits per heavy atom. The molecule has 0 aliphatic carbocycles. The van der Waals surface area contributed by atoms with Crippen molar-refractivity contribution in [2.45, 2.75) is 20.1 Å². The first kappa shape index (κ1) is 9.88. The van der Waals surface area contributed by atoms with Gasteiger partial charge in [-0.3, -0.25) is 0 Å². The topological polar surface area (TPSA) is 38.7 Å². The molecule has 0 fully saturated rings. The third kappa shape index (κ3) is 6.01. The fourth-order valence-electron chi connectivity index (χ4n) is 0.494. The third-order valence-corrected chi connectivity index (χ3v) is 0.931. The van der Waals surface area contributed by atoms with Crippen molar-refractivity contribution in [1.29, 1.82) is 0 Å². The zero-order valence-corrected chi connectivity index (χ0v) is 6.83. The van der Waals surface area contributed by atoms with E-state index in [-0.39, 0.29) is 6.61 Å². The second kappa shape index (κ2) is 5.65. The highest BCUT2D eigenvalue weighted by molar-refractivity contribution is 4.42. The second-order valence-electron chi connectivity index (χ2n) is 2.64. The molecule has 3 heteroatoms. The normalized spacial score (nSPS) is 14.1. The van der Waals surface area contributed by atoms with Gasteiger partial charge in [-0.2, -0.15) is 0 Å². The summed E-state index contributed by atoms with van der Waals surface area (Å²) in [6, 6.07) is 0. The zero-order valence-electron chi connectivity index (χ0n) is 6.83. The van der Waals surface area contributed by atoms with Crippen LogP contribution in [0.4, 0.5) is 0 Å². The molecular weight excluding hydrogens is 132 g/mol. The molecule has 0 aliphatic rings. The van der Waals surface area contributed by atoms with Gasteiger partial charge in [0.15, 0.2) is 6.29 Å². The van der Waals surface area contributed by atoms with E-state index in [1.54, 1.807) is 0 Å². The maximum absolute atomic E-state index is 8.95. The van der Waals surface area contributed by atoms with Gasteiger partial charge in [0.05, 0.1) is 13.2 Å². The Labute approximate surface area is 62.0 Å². The summed E-state index contributed by atoms with van der Waals surface area (Å²) in [5.41, 5.74) is 0. The average molecular weight is 148 g/mol. The van der Waals surface area contributed by atoms with Crippen molar-refractivity contribution in [3.8, 4) is 0 Å². The largest absolute Gasteiger partial charge is 0.379 e. The van der Waals surface area contributed by atoms with Crippen LogP contribution in [0.15, 0.2) is 0 Å². The van der Waals surface area contributed by atoms with E-state index in [4.69, 9.17) is 9.84 Å². The maximum atomic E-state index is 8.95. The summed E-state index contributed by atoms with van der Waals surface area (Å²) in [5.74, 6) is 0.450. The average Bonchev–Trinajstić information content (AvgIpc) is 1.85. The molecule has 0 spiro atoms. The fourth-order valence-corrected chi connectivity index (χ4v) is 0.494. The summed E-state index contributed by atoms with van der Waals surface area (Å²) in [7, 11) is 1.53. The Morgan fingerprint density at radius 1 is 1.30 bits per heavy atom. The molecule has 0 saturated carbocycles. The molecule has 0 rings (SSSR count). The molecule has 10 heavy (non-hydrogen) atoms. The Kier molecular flexibility index (Phi) is 5.58. The van der Waals surface area contributed by atoms with Crippen LogP contribution in [0.3, 0.4) is 0 Å². The van der Waals surface area contributed by atoms with Gasteiger partial charge in [0.2, 0.25) is 0 Å². The van der Waals surface area contributed by atoms with Crippen molar-refractivity contribution in [3.05, 3.63) is 0 Å². The fraction of sp³-hybridized carbons (Fsp3) is 1.00. The molecule has 1 unspecified atom stereocenters. The molecule has 0 saturated heterocycles. The first-order valence-electron chi connectivity index (χ1n) is 3.45. The molecule has 62 valence electrons. The van der Waals surface area contributed by atoms with E-state index in [1.807, 2.05) is 13.8 Å². The van der Waals surface area contributed by atoms with Crippen molar-refractivity contribution in [2.75, 3.05) is 20.3 Å². The minimum atomic E-state index is -0.771. The Hall–Kier alpha value is -0.120. The molecule has 0 aromatic carbocycles. The summed E-state index contributed by atoms with van der Waals surface area (Å²) in [4.78, 5) is 0. The van der Waals surface area contributed by atoms with Gasteiger partial charge in [-0.1, -0.05) is 13.8 Å². The van der Waals surface area contributed by atoms with Gasteiger partial charge in [-0.25, -0.2) is 0 Å². The van der Waals surface area contributed by atoms with E-state index < -0.39 is 6.29 Å². The van der Waals surface area contributed by atoms with Crippen LogP contribution in [-0.4, -0.2) is 31.7 Å². The van der Waals surface area contributed by atoms with Crippen molar-refractivity contribution in [1.82, 2.24) is 0 Å². The maximum Gasteiger partial charge on any atom is 0.178 e. The lowest BCUT2D eigenvalue weighted by Gasteiger charge is -2.11. The molecule has 1 atom stereocenters. The molecule has 3 nitrogen and oxygen atoms in total. The Balaban J connectivity index is 3.12. The van der Waals surface area contributed by atoms with Gasteiger partial charge in [-0.15, -0.1) is 0 Å². The number of hydrogen-bond donors (Lipinski definition) is 1. The summed E-state index contributed by atoms with van der Waals surface area (Å²) < 4.78 is 9.64. The van der Waals surface area contributed by atoms with Gasteiger partial charge in [0.1, 0.15) is 0 Å². The van der Waals surface area contributed by atoms with Gasteiger partial charge >= 0.3 is 0 Å². The first-order valence-corrected chi connectivity index (χ1v) is 3.45. The van der Waals surface area contributed by atoms with Crippen molar-refractivity contribution >= 4 is 0 Å². The van der Waals surface area contributed by atoms with E-state index in [2.05, 4.69) is 4.74 Å². The monoisotopic (exact) mass is 148 g/mol. The van der Waals surface area contributed by atoms with Crippen LogP contribution in [0.2, 0.25) is 0 Å². The van der Waals surface area contributed by atoms with Gasteiger partial charge < -0.3 is 14.6 Å². The van der Waals surface area contributed by atoms with Crippen molar-refractivity contribution in [3.63, 3.8) is 0 Å². The van der Waals surface area contributed by atoms with Crippen LogP contribution in [0.5, 0.6) is 0 Å². The van der Waals surface area contributed by atoms with Crippen molar-refractivity contribution in [2.24, 2.45) is 5.92 Å². The van der Waals surface area contributed by atoms with Crippen LogP contribution in [-0.2, 0) is 9.47 Å². The standard InChI is InChI=1S/C7H16O3/c1-6(2)4-10-7(8)5-9-3/h6-8H,4-5H2,1-3H3. The molecule has 0 aliphatic heterocycles. The molecule has 1 N–H and O–H groups in total. The smallest absolute Gasteiger partial charge is 0.178 e. The summed E-state index contributed by atoms with van der Waals surface area (Å²) in [6.45, 7) is 4.87. The molecule has 0 bridgehead atoms. The molecular formula is C7H16O3.